The zero-order valence-corrected chi connectivity index (χ0v) is 13.0. The molecule has 6 nitrogen and oxygen atoms in total. The molecular weight excluding hydrogens is 272 g/mol. The number of aromatic nitrogens is 1. The van der Waals surface area contributed by atoms with Gasteiger partial charge in [-0.05, 0) is 39.7 Å². The third kappa shape index (κ3) is 4.44. The first-order valence-electron chi connectivity index (χ1n) is 7.02. The summed E-state index contributed by atoms with van der Waals surface area (Å²) in [6, 6.07) is 0. The predicted octanol–water partition coefficient (Wildman–Crippen LogP) is 1.91. The van der Waals surface area contributed by atoms with Gasteiger partial charge in [0.25, 0.3) is 5.91 Å². The van der Waals surface area contributed by atoms with Crippen LogP contribution < -0.4 is 5.32 Å². The smallest absolute Gasteiger partial charge is 0.305 e. The van der Waals surface area contributed by atoms with Gasteiger partial charge in [-0.25, -0.2) is 0 Å². The Labute approximate surface area is 124 Å². The number of hydrogen-bond donors (Lipinski definition) is 2. The number of carbonyl (C=O) groups excluding carboxylic acids is 3. The molecule has 1 amide bonds. The zero-order chi connectivity index (χ0) is 16.0. The fourth-order valence-corrected chi connectivity index (χ4v) is 2.26. The second-order valence-electron chi connectivity index (χ2n) is 4.85. The van der Waals surface area contributed by atoms with Gasteiger partial charge in [-0.2, -0.15) is 0 Å². The number of amides is 1. The molecule has 0 radical (unpaired) electrons. The number of aromatic amines is 1. The van der Waals surface area contributed by atoms with Gasteiger partial charge in [0.05, 0.1) is 6.61 Å². The highest BCUT2D eigenvalue weighted by Crippen LogP contribution is 2.18. The van der Waals surface area contributed by atoms with Crippen molar-refractivity contribution in [3.8, 4) is 0 Å². The van der Waals surface area contributed by atoms with E-state index in [1.807, 2.05) is 0 Å². The average Bonchev–Trinajstić information content (AvgIpc) is 2.70. The van der Waals surface area contributed by atoms with Crippen LogP contribution in [0.3, 0.4) is 0 Å². The van der Waals surface area contributed by atoms with Crippen molar-refractivity contribution in [3.05, 3.63) is 22.5 Å². The Hall–Kier alpha value is -2.11. The van der Waals surface area contributed by atoms with Crippen LogP contribution >= 0.6 is 0 Å². The van der Waals surface area contributed by atoms with E-state index in [-0.39, 0.29) is 24.1 Å². The summed E-state index contributed by atoms with van der Waals surface area (Å²) in [6.45, 7) is 7.48. The summed E-state index contributed by atoms with van der Waals surface area (Å²) < 4.78 is 4.80. The van der Waals surface area contributed by atoms with Gasteiger partial charge >= 0.3 is 5.97 Å². The molecule has 0 spiro atoms. The maximum absolute atomic E-state index is 12.1. The Balaban J connectivity index is 2.55. The summed E-state index contributed by atoms with van der Waals surface area (Å²) in [5.41, 5.74) is 2.31. The van der Waals surface area contributed by atoms with E-state index in [1.165, 1.54) is 6.92 Å². The van der Waals surface area contributed by atoms with Gasteiger partial charge in [-0.1, -0.05) is 0 Å². The molecule has 0 saturated heterocycles. The summed E-state index contributed by atoms with van der Waals surface area (Å²) >= 11 is 0. The van der Waals surface area contributed by atoms with Crippen molar-refractivity contribution in [2.45, 2.75) is 40.5 Å². The number of hydrogen-bond acceptors (Lipinski definition) is 4. The number of Topliss-reactive ketones (excluding diaryl/α,β-unsaturated/α-hetero) is 1. The number of aryl methyl sites for hydroxylation is 1. The molecule has 116 valence electrons. The standard InChI is InChI=1S/C15H22N2O4/c1-5-21-12(19)7-6-8-16-15(20)14-9(2)13(11(4)18)10(3)17-14/h17H,5-8H2,1-4H3,(H,16,20). The van der Waals surface area contributed by atoms with E-state index in [0.717, 1.165) is 0 Å². The Morgan fingerprint density at radius 3 is 2.43 bits per heavy atom. The van der Waals surface area contributed by atoms with Crippen molar-refractivity contribution in [2.75, 3.05) is 13.2 Å². The summed E-state index contributed by atoms with van der Waals surface area (Å²) in [7, 11) is 0. The van der Waals surface area contributed by atoms with E-state index >= 15 is 0 Å². The minimum atomic E-state index is -0.271. The van der Waals surface area contributed by atoms with Gasteiger partial charge in [-0.3, -0.25) is 14.4 Å². The topological polar surface area (TPSA) is 88.3 Å². The van der Waals surface area contributed by atoms with Crippen LogP contribution in [-0.4, -0.2) is 35.8 Å². The number of ether oxygens (including phenoxy) is 1. The number of nitrogens with one attached hydrogen (secondary N) is 2. The Morgan fingerprint density at radius 1 is 1.24 bits per heavy atom. The van der Waals surface area contributed by atoms with Crippen molar-refractivity contribution < 1.29 is 19.1 Å². The molecular formula is C15H22N2O4. The molecule has 2 N–H and O–H groups in total. The van der Waals surface area contributed by atoms with Crippen molar-refractivity contribution in [1.82, 2.24) is 10.3 Å². The van der Waals surface area contributed by atoms with E-state index in [4.69, 9.17) is 4.74 Å². The van der Waals surface area contributed by atoms with Crippen LogP contribution in [0.25, 0.3) is 0 Å². The second kappa shape index (κ2) is 7.61. The molecule has 0 unspecified atom stereocenters. The molecule has 0 atom stereocenters. The number of ketones is 1. The van der Waals surface area contributed by atoms with Gasteiger partial charge < -0.3 is 15.0 Å². The molecule has 0 aliphatic heterocycles. The molecule has 0 aliphatic rings. The fraction of sp³-hybridized carbons (Fsp3) is 0.533. The maximum atomic E-state index is 12.1. The SMILES string of the molecule is CCOC(=O)CCCNC(=O)c1[nH]c(C)c(C(C)=O)c1C. The van der Waals surface area contributed by atoms with Gasteiger partial charge in [0.2, 0.25) is 0 Å². The van der Waals surface area contributed by atoms with E-state index in [2.05, 4.69) is 10.3 Å². The van der Waals surface area contributed by atoms with Crippen molar-refractivity contribution >= 4 is 17.7 Å². The molecule has 1 heterocycles. The number of carbonyl (C=O) groups is 3. The largest absolute Gasteiger partial charge is 0.466 e. The first kappa shape index (κ1) is 16.9. The Morgan fingerprint density at radius 2 is 1.90 bits per heavy atom. The summed E-state index contributed by atoms with van der Waals surface area (Å²) in [4.78, 5) is 37.7. The van der Waals surface area contributed by atoms with Gasteiger partial charge in [0, 0.05) is 24.2 Å². The average molecular weight is 294 g/mol. The number of esters is 1. The third-order valence-corrected chi connectivity index (χ3v) is 3.17. The van der Waals surface area contributed by atoms with Crippen LogP contribution in [0.4, 0.5) is 0 Å². The van der Waals surface area contributed by atoms with Crippen LogP contribution in [0.15, 0.2) is 0 Å². The highest BCUT2D eigenvalue weighted by atomic mass is 16.5. The molecule has 21 heavy (non-hydrogen) atoms. The second-order valence-corrected chi connectivity index (χ2v) is 4.85. The summed E-state index contributed by atoms with van der Waals surface area (Å²) in [5.74, 6) is -0.605. The molecule has 1 aromatic rings. The fourth-order valence-electron chi connectivity index (χ4n) is 2.26. The molecule has 0 bridgehead atoms. The maximum Gasteiger partial charge on any atom is 0.305 e. The quantitative estimate of drug-likeness (QED) is 0.457. The zero-order valence-electron chi connectivity index (χ0n) is 13.0. The van der Waals surface area contributed by atoms with Crippen LogP contribution in [0, 0.1) is 13.8 Å². The van der Waals surface area contributed by atoms with Gasteiger partial charge in [0.15, 0.2) is 5.78 Å². The van der Waals surface area contributed by atoms with E-state index < -0.39 is 0 Å². The molecule has 0 saturated carbocycles. The Bertz CT molecular complexity index is 546. The molecule has 1 rings (SSSR count). The summed E-state index contributed by atoms with van der Waals surface area (Å²) in [5, 5.41) is 2.73. The molecule has 1 aromatic heterocycles. The third-order valence-electron chi connectivity index (χ3n) is 3.17. The van der Waals surface area contributed by atoms with Crippen LogP contribution in [0.1, 0.15) is 58.8 Å². The van der Waals surface area contributed by atoms with Crippen molar-refractivity contribution in [2.24, 2.45) is 0 Å². The normalized spacial score (nSPS) is 10.3. The monoisotopic (exact) mass is 294 g/mol. The van der Waals surface area contributed by atoms with E-state index in [0.29, 0.717) is 42.1 Å². The molecule has 0 fully saturated rings. The van der Waals surface area contributed by atoms with Crippen molar-refractivity contribution in [1.29, 1.82) is 0 Å². The minimum Gasteiger partial charge on any atom is -0.466 e. The molecule has 6 heteroatoms. The predicted molar refractivity (Wildman–Crippen MR) is 78.5 cm³/mol. The highest BCUT2D eigenvalue weighted by molar-refractivity contribution is 6.02. The highest BCUT2D eigenvalue weighted by Gasteiger charge is 2.19. The Kier molecular flexibility index (Phi) is 6.14. The molecule has 0 aliphatic carbocycles. The van der Waals surface area contributed by atoms with E-state index in [1.54, 1.807) is 20.8 Å². The lowest BCUT2D eigenvalue weighted by molar-refractivity contribution is -0.143. The van der Waals surface area contributed by atoms with Gasteiger partial charge in [-0.15, -0.1) is 0 Å². The molecule has 0 aromatic carbocycles. The van der Waals surface area contributed by atoms with Crippen molar-refractivity contribution in [3.63, 3.8) is 0 Å². The van der Waals surface area contributed by atoms with Crippen LogP contribution in [0.5, 0.6) is 0 Å². The number of rotatable bonds is 7. The lowest BCUT2D eigenvalue weighted by Crippen LogP contribution is -2.26. The van der Waals surface area contributed by atoms with Gasteiger partial charge in [0.1, 0.15) is 5.69 Å². The van der Waals surface area contributed by atoms with Crippen LogP contribution in [-0.2, 0) is 9.53 Å². The number of H-pyrrole nitrogens is 1. The van der Waals surface area contributed by atoms with E-state index in [9.17, 15) is 14.4 Å². The first-order valence-corrected chi connectivity index (χ1v) is 7.02. The summed E-state index contributed by atoms with van der Waals surface area (Å²) in [6.07, 6.45) is 0.790. The van der Waals surface area contributed by atoms with Crippen LogP contribution in [0.2, 0.25) is 0 Å². The first-order chi connectivity index (χ1) is 9.88. The minimum absolute atomic E-state index is 0.0670. The lowest BCUT2D eigenvalue weighted by atomic mass is 10.1. The lowest BCUT2D eigenvalue weighted by Gasteiger charge is -2.05.